The molecule has 0 spiro atoms. The third kappa shape index (κ3) is 2.47. The van der Waals surface area contributed by atoms with Gasteiger partial charge in [-0.2, -0.15) is 0 Å². The van der Waals surface area contributed by atoms with Crippen LogP contribution >= 0.6 is 15.9 Å². The van der Waals surface area contributed by atoms with Crippen LogP contribution in [0.4, 0.5) is 4.39 Å². The fourth-order valence-corrected chi connectivity index (χ4v) is 1.74. The standard InChI is InChI=1S/C10H10BrFO3/c1-5(13)3-6-9(12)7(11)4-8(14)10(6)15-2/h4,14H,3H2,1-2H3. The Morgan fingerprint density at radius 2 is 2.27 bits per heavy atom. The second-order valence-electron chi connectivity index (χ2n) is 3.08. The quantitative estimate of drug-likeness (QED) is 0.923. The Morgan fingerprint density at radius 3 is 2.73 bits per heavy atom. The molecule has 0 unspecified atom stereocenters. The number of aromatic hydroxyl groups is 1. The Morgan fingerprint density at radius 1 is 1.67 bits per heavy atom. The van der Waals surface area contributed by atoms with Gasteiger partial charge in [0.15, 0.2) is 11.5 Å². The first-order valence-corrected chi connectivity index (χ1v) is 5.00. The van der Waals surface area contributed by atoms with E-state index in [1.807, 2.05) is 0 Å². The number of phenolic OH excluding ortho intramolecular Hbond substituents is 1. The van der Waals surface area contributed by atoms with Crippen molar-refractivity contribution in [1.82, 2.24) is 0 Å². The molecule has 82 valence electrons. The van der Waals surface area contributed by atoms with Crippen molar-refractivity contribution >= 4 is 21.7 Å². The number of hydrogen-bond acceptors (Lipinski definition) is 3. The van der Waals surface area contributed by atoms with Gasteiger partial charge in [-0.3, -0.25) is 4.79 Å². The average Bonchev–Trinajstić information content (AvgIpc) is 2.13. The monoisotopic (exact) mass is 276 g/mol. The second kappa shape index (κ2) is 4.61. The van der Waals surface area contributed by atoms with Gasteiger partial charge < -0.3 is 9.84 Å². The Hall–Kier alpha value is -1.10. The summed E-state index contributed by atoms with van der Waals surface area (Å²) in [6.07, 6.45) is -0.109. The number of ketones is 1. The average molecular weight is 277 g/mol. The fraction of sp³-hybridized carbons (Fsp3) is 0.300. The molecule has 1 N–H and O–H groups in total. The van der Waals surface area contributed by atoms with Crippen LogP contribution in [0.2, 0.25) is 0 Å². The van der Waals surface area contributed by atoms with E-state index in [0.717, 1.165) is 0 Å². The molecule has 15 heavy (non-hydrogen) atoms. The van der Waals surface area contributed by atoms with Gasteiger partial charge in [0.1, 0.15) is 11.6 Å². The Labute approximate surface area is 95.0 Å². The van der Waals surface area contributed by atoms with E-state index < -0.39 is 5.82 Å². The Kier molecular flexibility index (Phi) is 3.68. The van der Waals surface area contributed by atoms with Crippen LogP contribution in [0.3, 0.4) is 0 Å². The molecule has 3 nitrogen and oxygen atoms in total. The zero-order valence-corrected chi connectivity index (χ0v) is 9.89. The van der Waals surface area contributed by atoms with E-state index in [2.05, 4.69) is 15.9 Å². The molecule has 0 aliphatic rings. The highest BCUT2D eigenvalue weighted by molar-refractivity contribution is 9.10. The summed E-state index contributed by atoms with van der Waals surface area (Å²) >= 11 is 2.95. The molecule has 0 saturated heterocycles. The fourth-order valence-electron chi connectivity index (χ4n) is 1.28. The van der Waals surface area contributed by atoms with E-state index in [0.29, 0.717) is 0 Å². The van der Waals surface area contributed by atoms with E-state index in [-0.39, 0.29) is 33.7 Å². The molecule has 1 aromatic rings. The van der Waals surface area contributed by atoms with Crippen molar-refractivity contribution < 1.29 is 19.0 Å². The number of phenols is 1. The number of benzene rings is 1. The summed E-state index contributed by atoms with van der Waals surface area (Å²) < 4.78 is 18.6. The second-order valence-corrected chi connectivity index (χ2v) is 3.94. The van der Waals surface area contributed by atoms with Gasteiger partial charge in [-0.1, -0.05) is 0 Å². The lowest BCUT2D eigenvalue weighted by molar-refractivity contribution is -0.116. The van der Waals surface area contributed by atoms with Crippen molar-refractivity contribution in [2.45, 2.75) is 13.3 Å². The van der Waals surface area contributed by atoms with Gasteiger partial charge in [0.2, 0.25) is 0 Å². The van der Waals surface area contributed by atoms with Crippen LogP contribution < -0.4 is 4.74 Å². The molecule has 0 atom stereocenters. The lowest BCUT2D eigenvalue weighted by atomic mass is 10.1. The predicted octanol–water partition coefficient (Wildman–Crippen LogP) is 2.43. The summed E-state index contributed by atoms with van der Waals surface area (Å²) in [4.78, 5) is 10.9. The van der Waals surface area contributed by atoms with Crippen LogP contribution in [0.15, 0.2) is 10.5 Å². The van der Waals surface area contributed by atoms with Crippen LogP contribution in [0, 0.1) is 5.82 Å². The van der Waals surface area contributed by atoms with Crippen LogP contribution in [0.1, 0.15) is 12.5 Å². The van der Waals surface area contributed by atoms with Crippen molar-refractivity contribution in [1.29, 1.82) is 0 Å². The number of carbonyl (C=O) groups excluding carboxylic acids is 1. The van der Waals surface area contributed by atoms with Crippen molar-refractivity contribution in [3.8, 4) is 11.5 Å². The number of ether oxygens (including phenoxy) is 1. The van der Waals surface area contributed by atoms with E-state index >= 15 is 0 Å². The summed E-state index contributed by atoms with van der Waals surface area (Å²) in [6, 6.07) is 1.19. The molecule has 1 rings (SSSR count). The zero-order valence-electron chi connectivity index (χ0n) is 8.30. The topological polar surface area (TPSA) is 46.5 Å². The molecule has 0 bridgehead atoms. The summed E-state index contributed by atoms with van der Waals surface area (Å²) in [6.45, 7) is 1.34. The number of rotatable bonds is 3. The molecule has 1 aromatic carbocycles. The molecular weight excluding hydrogens is 267 g/mol. The first-order valence-electron chi connectivity index (χ1n) is 4.20. The third-order valence-corrected chi connectivity index (χ3v) is 2.45. The van der Waals surface area contributed by atoms with E-state index in [1.165, 1.54) is 20.1 Å². The van der Waals surface area contributed by atoms with Gasteiger partial charge in [0.05, 0.1) is 11.6 Å². The highest BCUT2D eigenvalue weighted by atomic mass is 79.9. The summed E-state index contributed by atoms with van der Waals surface area (Å²) in [5.41, 5.74) is 0.0666. The molecule has 0 saturated carbocycles. The highest BCUT2D eigenvalue weighted by Crippen LogP contribution is 2.36. The van der Waals surface area contributed by atoms with Crippen LogP contribution in [-0.2, 0) is 11.2 Å². The zero-order chi connectivity index (χ0) is 11.6. The molecule has 0 amide bonds. The van der Waals surface area contributed by atoms with Crippen LogP contribution in [-0.4, -0.2) is 18.0 Å². The molecule has 0 aliphatic carbocycles. The maximum atomic E-state index is 13.6. The van der Waals surface area contributed by atoms with Gasteiger partial charge >= 0.3 is 0 Å². The molecule has 0 heterocycles. The minimum Gasteiger partial charge on any atom is -0.504 e. The number of methoxy groups -OCH3 is 1. The first kappa shape index (κ1) is 12.0. The predicted molar refractivity (Wildman–Crippen MR) is 56.7 cm³/mol. The van der Waals surface area contributed by atoms with Crippen LogP contribution in [0.5, 0.6) is 11.5 Å². The maximum Gasteiger partial charge on any atom is 0.167 e. The van der Waals surface area contributed by atoms with E-state index in [1.54, 1.807) is 0 Å². The van der Waals surface area contributed by atoms with E-state index in [9.17, 15) is 14.3 Å². The number of halogens is 2. The number of carbonyl (C=O) groups is 1. The lowest BCUT2D eigenvalue weighted by Gasteiger charge is -2.11. The normalized spacial score (nSPS) is 10.1. The Bertz CT molecular complexity index is 404. The van der Waals surface area contributed by atoms with Gasteiger partial charge in [-0.05, 0) is 22.9 Å². The SMILES string of the molecule is COc1c(O)cc(Br)c(F)c1CC(C)=O. The number of hydrogen-bond donors (Lipinski definition) is 1. The van der Waals surface area contributed by atoms with Crippen molar-refractivity contribution in [3.63, 3.8) is 0 Å². The lowest BCUT2D eigenvalue weighted by Crippen LogP contribution is -2.03. The summed E-state index contributed by atoms with van der Waals surface area (Å²) in [7, 11) is 1.31. The largest absolute Gasteiger partial charge is 0.504 e. The first-order chi connectivity index (χ1) is 6.97. The van der Waals surface area contributed by atoms with Crippen molar-refractivity contribution in [2.75, 3.05) is 7.11 Å². The third-order valence-electron chi connectivity index (χ3n) is 1.87. The van der Waals surface area contributed by atoms with Gasteiger partial charge in [0.25, 0.3) is 0 Å². The highest BCUT2D eigenvalue weighted by Gasteiger charge is 2.18. The van der Waals surface area contributed by atoms with Crippen LogP contribution in [0.25, 0.3) is 0 Å². The van der Waals surface area contributed by atoms with Crippen molar-refractivity contribution in [3.05, 3.63) is 21.9 Å². The molecule has 5 heteroatoms. The van der Waals surface area contributed by atoms with Gasteiger partial charge in [-0.15, -0.1) is 0 Å². The smallest absolute Gasteiger partial charge is 0.167 e. The molecule has 0 fully saturated rings. The molecular formula is C10H10BrFO3. The number of Topliss-reactive ketones (excluding diaryl/α,β-unsaturated/α-hetero) is 1. The summed E-state index contributed by atoms with van der Waals surface area (Å²) in [5.74, 6) is -0.975. The molecule has 0 aromatic heterocycles. The van der Waals surface area contributed by atoms with Crippen molar-refractivity contribution in [2.24, 2.45) is 0 Å². The maximum absolute atomic E-state index is 13.6. The minimum atomic E-state index is -0.583. The van der Waals surface area contributed by atoms with E-state index in [4.69, 9.17) is 4.74 Å². The molecule has 0 radical (unpaired) electrons. The van der Waals surface area contributed by atoms with Gasteiger partial charge in [0, 0.05) is 18.1 Å². The van der Waals surface area contributed by atoms with Gasteiger partial charge in [-0.25, -0.2) is 4.39 Å². The minimum absolute atomic E-state index is 0.00546. The molecule has 0 aliphatic heterocycles. The summed E-state index contributed by atoms with van der Waals surface area (Å²) in [5, 5.41) is 9.48. The Balaban J connectivity index is 3.36.